The molecule has 1 N–H and O–H groups in total. The van der Waals surface area contributed by atoms with E-state index in [1.807, 2.05) is 18.4 Å². The van der Waals surface area contributed by atoms with Gasteiger partial charge in [-0.1, -0.05) is 0 Å². The summed E-state index contributed by atoms with van der Waals surface area (Å²) in [6.07, 6.45) is 0. The van der Waals surface area contributed by atoms with E-state index in [1.54, 1.807) is 30.2 Å². The fourth-order valence-electron chi connectivity index (χ4n) is 1.56. The van der Waals surface area contributed by atoms with Crippen LogP contribution in [-0.4, -0.2) is 29.8 Å². The van der Waals surface area contributed by atoms with Crippen LogP contribution in [0.5, 0.6) is 0 Å². The molecule has 0 aromatic carbocycles. The topological polar surface area (TPSA) is 49.4 Å². The van der Waals surface area contributed by atoms with Crippen molar-refractivity contribution in [3.8, 4) is 0 Å². The van der Waals surface area contributed by atoms with Gasteiger partial charge in [0.15, 0.2) is 0 Å². The Morgan fingerprint density at radius 2 is 2.18 bits per heavy atom. The van der Waals surface area contributed by atoms with E-state index >= 15 is 0 Å². The zero-order valence-corrected chi connectivity index (χ0v) is 11.4. The molecule has 0 aliphatic heterocycles. The van der Waals surface area contributed by atoms with Crippen molar-refractivity contribution in [2.24, 2.45) is 0 Å². The maximum Gasteiger partial charge on any atom is 0.244 e. The third-order valence-corrected chi connectivity index (χ3v) is 3.52. The molecule has 1 heterocycles. The lowest BCUT2D eigenvalue weighted by Crippen LogP contribution is -2.44. The Kier molecular flexibility index (Phi) is 4.69. The van der Waals surface area contributed by atoms with Crippen LogP contribution in [0.25, 0.3) is 0 Å². The second-order valence-corrected chi connectivity index (χ2v) is 5.14. The monoisotopic (exact) mass is 254 g/mol. The SMILES string of the molecule is CC(=O)NC(C)C(=O)N(C)Cc1sccc1C. The van der Waals surface area contributed by atoms with Crippen molar-refractivity contribution in [2.45, 2.75) is 33.4 Å². The number of nitrogens with zero attached hydrogens (tertiary/aromatic N) is 1. The molecule has 2 amide bonds. The highest BCUT2D eigenvalue weighted by Gasteiger charge is 2.18. The van der Waals surface area contributed by atoms with Gasteiger partial charge in [0.2, 0.25) is 11.8 Å². The van der Waals surface area contributed by atoms with Crippen LogP contribution in [0.15, 0.2) is 11.4 Å². The number of thiophene rings is 1. The molecule has 4 nitrogen and oxygen atoms in total. The Balaban J connectivity index is 2.58. The van der Waals surface area contributed by atoms with Crippen molar-refractivity contribution in [3.05, 3.63) is 21.9 Å². The standard InChI is InChI=1S/C12H18N2O2S/c1-8-5-6-17-11(8)7-14(4)12(16)9(2)13-10(3)15/h5-6,9H,7H2,1-4H3,(H,13,15). The smallest absolute Gasteiger partial charge is 0.244 e. The zero-order chi connectivity index (χ0) is 13.0. The molecule has 1 aromatic rings. The summed E-state index contributed by atoms with van der Waals surface area (Å²) in [7, 11) is 1.75. The van der Waals surface area contributed by atoms with E-state index in [2.05, 4.69) is 5.32 Å². The second-order valence-electron chi connectivity index (χ2n) is 4.14. The summed E-state index contributed by atoms with van der Waals surface area (Å²) in [4.78, 5) is 25.6. The summed E-state index contributed by atoms with van der Waals surface area (Å²) >= 11 is 1.64. The normalized spacial score (nSPS) is 12.0. The molecule has 5 heteroatoms. The van der Waals surface area contributed by atoms with Crippen LogP contribution in [0.4, 0.5) is 0 Å². The van der Waals surface area contributed by atoms with Gasteiger partial charge in [0.25, 0.3) is 0 Å². The van der Waals surface area contributed by atoms with Gasteiger partial charge in [0, 0.05) is 18.8 Å². The van der Waals surface area contributed by atoms with Gasteiger partial charge in [-0.25, -0.2) is 0 Å². The first kappa shape index (κ1) is 13.7. The van der Waals surface area contributed by atoms with Gasteiger partial charge in [-0.05, 0) is 30.9 Å². The highest BCUT2D eigenvalue weighted by Crippen LogP contribution is 2.17. The summed E-state index contributed by atoms with van der Waals surface area (Å²) in [6.45, 7) is 5.72. The molecule has 1 unspecified atom stereocenters. The molecule has 0 bridgehead atoms. The molecule has 1 rings (SSSR count). The number of hydrogen-bond acceptors (Lipinski definition) is 3. The van der Waals surface area contributed by atoms with Gasteiger partial charge in [-0.3, -0.25) is 9.59 Å². The van der Waals surface area contributed by atoms with Crippen LogP contribution in [0, 0.1) is 6.92 Å². The molecule has 1 atom stereocenters. The van der Waals surface area contributed by atoms with Gasteiger partial charge < -0.3 is 10.2 Å². The van der Waals surface area contributed by atoms with Crippen molar-refractivity contribution < 1.29 is 9.59 Å². The maximum atomic E-state index is 11.9. The molecule has 1 aromatic heterocycles. The van der Waals surface area contributed by atoms with E-state index in [-0.39, 0.29) is 11.8 Å². The van der Waals surface area contributed by atoms with Crippen molar-refractivity contribution >= 4 is 23.2 Å². The lowest BCUT2D eigenvalue weighted by Gasteiger charge is -2.21. The number of rotatable bonds is 4. The van der Waals surface area contributed by atoms with Gasteiger partial charge in [0.05, 0.1) is 6.54 Å². The molecular formula is C12H18N2O2S. The highest BCUT2D eigenvalue weighted by atomic mass is 32.1. The summed E-state index contributed by atoms with van der Waals surface area (Å²) < 4.78 is 0. The average molecular weight is 254 g/mol. The summed E-state index contributed by atoms with van der Waals surface area (Å²) in [5.41, 5.74) is 1.20. The Hall–Kier alpha value is -1.36. The first-order chi connectivity index (χ1) is 7.91. The molecule has 94 valence electrons. The van der Waals surface area contributed by atoms with E-state index in [0.717, 1.165) is 0 Å². The molecule has 0 aliphatic carbocycles. The van der Waals surface area contributed by atoms with Gasteiger partial charge in [-0.15, -0.1) is 11.3 Å². The first-order valence-corrected chi connectivity index (χ1v) is 6.35. The quantitative estimate of drug-likeness (QED) is 0.886. The minimum absolute atomic E-state index is 0.0759. The van der Waals surface area contributed by atoms with E-state index in [0.29, 0.717) is 6.54 Å². The molecule has 0 radical (unpaired) electrons. The van der Waals surface area contributed by atoms with Crippen molar-refractivity contribution in [2.75, 3.05) is 7.05 Å². The summed E-state index contributed by atoms with van der Waals surface area (Å²) in [5.74, 6) is -0.264. The third kappa shape index (κ3) is 3.85. The lowest BCUT2D eigenvalue weighted by molar-refractivity contribution is -0.134. The molecule has 0 spiro atoms. The fraction of sp³-hybridized carbons (Fsp3) is 0.500. The number of carbonyl (C=O) groups excluding carboxylic acids is 2. The van der Waals surface area contributed by atoms with Crippen LogP contribution in [0.2, 0.25) is 0 Å². The van der Waals surface area contributed by atoms with E-state index in [9.17, 15) is 9.59 Å². The predicted molar refractivity (Wildman–Crippen MR) is 68.8 cm³/mol. The average Bonchev–Trinajstić information content (AvgIpc) is 2.62. The van der Waals surface area contributed by atoms with E-state index in [4.69, 9.17) is 0 Å². The van der Waals surface area contributed by atoms with Crippen LogP contribution in [0.3, 0.4) is 0 Å². The molecule has 17 heavy (non-hydrogen) atoms. The molecular weight excluding hydrogens is 236 g/mol. The number of likely N-dealkylation sites (N-methyl/N-ethyl adjacent to an activating group) is 1. The van der Waals surface area contributed by atoms with Crippen LogP contribution in [0.1, 0.15) is 24.3 Å². The minimum Gasteiger partial charge on any atom is -0.345 e. The number of amides is 2. The van der Waals surface area contributed by atoms with Crippen molar-refractivity contribution in [3.63, 3.8) is 0 Å². The summed E-state index contributed by atoms with van der Waals surface area (Å²) in [6, 6.07) is 1.56. The number of hydrogen-bond donors (Lipinski definition) is 1. The highest BCUT2D eigenvalue weighted by molar-refractivity contribution is 7.10. The minimum atomic E-state index is -0.474. The van der Waals surface area contributed by atoms with E-state index in [1.165, 1.54) is 17.4 Å². The maximum absolute atomic E-state index is 11.9. The molecule has 0 aliphatic rings. The van der Waals surface area contributed by atoms with Crippen molar-refractivity contribution in [1.29, 1.82) is 0 Å². The van der Waals surface area contributed by atoms with Gasteiger partial charge in [0.1, 0.15) is 6.04 Å². The van der Waals surface area contributed by atoms with Crippen LogP contribution >= 0.6 is 11.3 Å². The summed E-state index contributed by atoms with van der Waals surface area (Å²) in [5, 5.41) is 4.61. The first-order valence-electron chi connectivity index (χ1n) is 5.47. The number of nitrogens with one attached hydrogen (secondary N) is 1. The molecule has 0 saturated carbocycles. The Morgan fingerprint density at radius 3 is 2.65 bits per heavy atom. The molecule has 0 fully saturated rings. The lowest BCUT2D eigenvalue weighted by atomic mass is 10.2. The molecule has 0 saturated heterocycles. The van der Waals surface area contributed by atoms with Crippen molar-refractivity contribution in [1.82, 2.24) is 10.2 Å². The number of aryl methyl sites for hydroxylation is 1. The zero-order valence-electron chi connectivity index (χ0n) is 10.6. The second kappa shape index (κ2) is 5.82. The van der Waals surface area contributed by atoms with Crippen LogP contribution < -0.4 is 5.32 Å². The Bertz CT molecular complexity index is 414. The predicted octanol–water partition coefficient (Wildman–Crippen LogP) is 1.54. The Morgan fingerprint density at radius 1 is 1.53 bits per heavy atom. The largest absolute Gasteiger partial charge is 0.345 e. The number of carbonyl (C=O) groups is 2. The van der Waals surface area contributed by atoms with Gasteiger partial charge in [-0.2, -0.15) is 0 Å². The van der Waals surface area contributed by atoms with Crippen LogP contribution in [-0.2, 0) is 16.1 Å². The Labute approximate surface area is 106 Å². The fourth-order valence-corrected chi connectivity index (χ4v) is 2.52. The third-order valence-electron chi connectivity index (χ3n) is 2.52. The van der Waals surface area contributed by atoms with E-state index < -0.39 is 6.04 Å². The van der Waals surface area contributed by atoms with Gasteiger partial charge >= 0.3 is 0 Å².